The number of sulfonamides is 1. The first-order valence-corrected chi connectivity index (χ1v) is 7.97. The van der Waals surface area contributed by atoms with E-state index in [0.29, 0.717) is 5.92 Å². The zero-order valence-electron chi connectivity index (χ0n) is 10.3. The molecule has 2 atom stereocenters. The van der Waals surface area contributed by atoms with Crippen LogP contribution in [0.5, 0.6) is 0 Å². The van der Waals surface area contributed by atoms with Gasteiger partial charge in [0.25, 0.3) is 0 Å². The van der Waals surface area contributed by atoms with E-state index in [-0.39, 0.29) is 16.1 Å². The summed E-state index contributed by atoms with van der Waals surface area (Å²) >= 11 is 5.71. The highest BCUT2D eigenvalue weighted by Gasteiger charge is 2.24. The molecular weight excluding hydrogens is 272 g/mol. The molecule has 1 aromatic heterocycles. The van der Waals surface area contributed by atoms with Crippen molar-refractivity contribution in [3.63, 3.8) is 0 Å². The van der Waals surface area contributed by atoms with Gasteiger partial charge in [-0.05, 0) is 30.9 Å². The summed E-state index contributed by atoms with van der Waals surface area (Å²) in [5.41, 5.74) is 0. The predicted octanol–water partition coefficient (Wildman–Crippen LogP) is 2.59. The largest absolute Gasteiger partial charge is 0.244 e. The van der Waals surface area contributed by atoms with Crippen molar-refractivity contribution in [3.8, 4) is 0 Å². The molecule has 1 heterocycles. The van der Waals surface area contributed by atoms with Gasteiger partial charge in [0, 0.05) is 12.2 Å². The number of aromatic nitrogens is 1. The minimum Gasteiger partial charge on any atom is -0.244 e. The van der Waals surface area contributed by atoms with Crippen molar-refractivity contribution in [1.82, 2.24) is 9.71 Å². The summed E-state index contributed by atoms with van der Waals surface area (Å²) in [5, 5.41) is 0.190. The van der Waals surface area contributed by atoms with E-state index >= 15 is 0 Å². The topological polar surface area (TPSA) is 59.1 Å². The van der Waals surface area contributed by atoms with E-state index in [1.165, 1.54) is 24.8 Å². The summed E-state index contributed by atoms with van der Waals surface area (Å²) in [6, 6.07) is 2.86. The quantitative estimate of drug-likeness (QED) is 0.870. The van der Waals surface area contributed by atoms with E-state index in [1.54, 1.807) is 0 Å². The van der Waals surface area contributed by atoms with Crippen molar-refractivity contribution >= 4 is 21.6 Å². The van der Waals surface area contributed by atoms with E-state index in [1.807, 2.05) is 0 Å². The summed E-state index contributed by atoms with van der Waals surface area (Å²) in [6.07, 6.45) is 5.46. The van der Waals surface area contributed by atoms with Gasteiger partial charge in [0.1, 0.15) is 5.15 Å². The van der Waals surface area contributed by atoms with Gasteiger partial charge in [-0.1, -0.05) is 31.4 Å². The molecule has 1 saturated carbocycles. The lowest BCUT2D eigenvalue weighted by molar-refractivity contribution is 0.327. The molecule has 0 saturated heterocycles. The van der Waals surface area contributed by atoms with Crippen molar-refractivity contribution < 1.29 is 8.42 Å². The Hall–Kier alpha value is -0.650. The second-order valence-electron chi connectivity index (χ2n) is 4.90. The Morgan fingerprint density at radius 1 is 1.44 bits per heavy atom. The fraction of sp³-hybridized carbons (Fsp3) is 0.583. The van der Waals surface area contributed by atoms with Crippen molar-refractivity contribution in [2.24, 2.45) is 5.92 Å². The lowest BCUT2D eigenvalue weighted by Crippen LogP contribution is -2.37. The average molecular weight is 289 g/mol. The second kappa shape index (κ2) is 5.55. The number of rotatable bonds is 3. The molecule has 0 bridgehead atoms. The van der Waals surface area contributed by atoms with Crippen molar-refractivity contribution in [1.29, 1.82) is 0 Å². The third kappa shape index (κ3) is 3.43. The predicted molar refractivity (Wildman–Crippen MR) is 71.0 cm³/mol. The van der Waals surface area contributed by atoms with Gasteiger partial charge in [-0.15, -0.1) is 0 Å². The molecule has 0 aromatic carbocycles. The zero-order chi connectivity index (χ0) is 13.2. The van der Waals surface area contributed by atoms with Crippen LogP contribution in [0.2, 0.25) is 5.15 Å². The molecule has 0 radical (unpaired) electrons. The average Bonchev–Trinajstić information content (AvgIpc) is 2.28. The Bertz CT molecular complexity index is 519. The third-order valence-corrected chi connectivity index (χ3v) is 4.99. The lowest BCUT2D eigenvalue weighted by Gasteiger charge is -2.27. The smallest absolute Gasteiger partial charge is 0.240 e. The van der Waals surface area contributed by atoms with Crippen LogP contribution in [-0.2, 0) is 10.0 Å². The number of hydrogen-bond acceptors (Lipinski definition) is 3. The molecule has 6 heteroatoms. The van der Waals surface area contributed by atoms with Crippen LogP contribution >= 0.6 is 11.6 Å². The van der Waals surface area contributed by atoms with Gasteiger partial charge < -0.3 is 0 Å². The number of nitrogens with zero attached hydrogens (tertiary/aromatic N) is 1. The molecular formula is C12H17ClN2O2S. The summed E-state index contributed by atoms with van der Waals surface area (Å²) in [5.74, 6) is 0.576. The third-order valence-electron chi connectivity index (χ3n) is 3.27. The fourth-order valence-electron chi connectivity index (χ4n) is 2.38. The van der Waals surface area contributed by atoms with Crippen molar-refractivity contribution in [2.45, 2.75) is 43.5 Å². The monoisotopic (exact) mass is 288 g/mol. The molecule has 1 aliphatic rings. The van der Waals surface area contributed by atoms with E-state index < -0.39 is 10.0 Å². The Morgan fingerprint density at radius 2 is 2.22 bits per heavy atom. The maximum atomic E-state index is 12.2. The van der Waals surface area contributed by atoms with Crippen LogP contribution in [0.4, 0.5) is 0 Å². The lowest BCUT2D eigenvalue weighted by atomic mass is 9.88. The van der Waals surface area contributed by atoms with Crippen LogP contribution in [-0.4, -0.2) is 19.4 Å². The van der Waals surface area contributed by atoms with E-state index in [4.69, 9.17) is 11.6 Å². The molecule has 2 rings (SSSR count). The Labute approximate surface area is 113 Å². The molecule has 0 aliphatic heterocycles. The molecule has 100 valence electrons. The minimum atomic E-state index is -3.48. The first-order valence-electron chi connectivity index (χ1n) is 6.11. The van der Waals surface area contributed by atoms with Crippen LogP contribution < -0.4 is 4.72 Å². The molecule has 1 aromatic rings. The van der Waals surface area contributed by atoms with Gasteiger partial charge in [0.05, 0.1) is 4.90 Å². The van der Waals surface area contributed by atoms with Crippen molar-refractivity contribution in [2.75, 3.05) is 0 Å². The molecule has 0 amide bonds. The molecule has 18 heavy (non-hydrogen) atoms. The SMILES string of the molecule is CC1CCCC(NS(=O)(=O)c2ccnc(Cl)c2)C1. The molecule has 0 spiro atoms. The van der Waals surface area contributed by atoms with E-state index in [9.17, 15) is 8.42 Å². The molecule has 1 N–H and O–H groups in total. The van der Waals surface area contributed by atoms with Crippen LogP contribution in [0, 0.1) is 5.92 Å². The first-order chi connectivity index (χ1) is 8.47. The van der Waals surface area contributed by atoms with Gasteiger partial charge in [0.2, 0.25) is 10.0 Å². The summed E-state index contributed by atoms with van der Waals surface area (Å²) < 4.78 is 27.1. The number of hydrogen-bond donors (Lipinski definition) is 1. The van der Waals surface area contributed by atoms with Gasteiger partial charge in [-0.25, -0.2) is 18.1 Å². The molecule has 1 aliphatic carbocycles. The highest BCUT2D eigenvalue weighted by molar-refractivity contribution is 7.89. The summed E-state index contributed by atoms with van der Waals surface area (Å²) in [6.45, 7) is 2.16. The van der Waals surface area contributed by atoms with Gasteiger partial charge in [0.15, 0.2) is 0 Å². The zero-order valence-corrected chi connectivity index (χ0v) is 11.8. The van der Waals surface area contributed by atoms with E-state index in [0.717, 1.165) is 19.3 Å². The van der Waals surface area contributed by atoms with Crippen LogP contribution in [0.25, 0.3) is 0 Å². The van der Waals surface area contributed by atoms with E-state index in [2.05, 4.69) is 16.6 Å². The standard InChI is InChI=1S/C12H17ClN2O2S/c1-9-3-2-4-10(7-9)15-18(16,17)11-5-6-14-12(13)8-11/h5-6,8-10,15H,2-4,7H2,1H3. The highest BCUT2D eigenvalue weighted by Crippen LogP contribution is 2.25. The van der Waals surface area contributed by atoms with Crippen LogP contribution in [0.15, 0.2) is 23.2 Å². The number of pyridine rings is 1. The molecule has 4 nitrogen and oxygen atoms in total. The molecule has 2 unspecified atom stereocenters. The summed E-state index contributed by atoms with van der Waals surface area (Å²) in [4.78, 5) is 3.97. The Balaban J connectivity index is 2.12. The summed E-state index contributed by atoms with van der Waals surface area (Å²) in [7, 11) is -3.48. The Kier molecular flexibility index (Phi) is 4.25. The number of nitrogens with one attached hydrogen (secondary N) is 1. The maximum Gasteiger partial charge on any atom is 0.240 e. The Morgan fingerprint density at radius 3 is 2.89 bits per heavy atom. The van der Waals surface area contributed by atoms with Gasteiger partial charge >= 0.3 is 0 Å². The van der Waals surface area contributed by atoms with Crippen LogP contribution in [0.3, 0.4) is 0 Å². The minimum absolute atomic E-state index is 0.0330. The van der Waals surface area contributed by atoms with Crippen LogP contribution in [0.1, 0.15) is 32.6 Å². The normalized spacial score (nSPS) is 25.0. The molecule has 1 fully saturated rings. The van der Waals surface area contributed by atoms with Crippen molar-refractivity contribution in [3.05, 3.63) is 23.5 Å². The fourth-order valence-corrected chi connectivity index (χ4v) is 3.91. The highest BCUT2D eigenvalue weighted by atomic mass is 35.5. The van der Waals surface area contributed by atoms with Gasteiger partial charge in [-0.3, -0.25) is 0 Å². The number of halogens is 1. The second-order valence-corrected chi connectivity index (χ2v) is 7.01. The van der Waals surface area contributed by atoms with Gasteiger partial charge in [-0.2, -0.15) is 0 Å². The first kappa shape index (κ1) is 13.8. The maximum absolute atomic E-state index is 12.2.